The molecule has 1 N–H and O–H groups in total. The lowest BCUT2D eigenvalue weighted by Gasteiger charge is -2.12. The number of Topliss-reactive ketones (excluding diaryl/α,β-unsaturated/α-hetero) is 1. The van der Waals surface area contributed by atoms with Crippen LogP contribution < -0.4 is 5.32 Å². The quantitative estimate of drug-likeness (QED) is 0.641. The highest BCUT2D eigenvalue weighted by Gasteiger charge is 2.13. The zero-order chi connectivity index (χ0) is 12.8. The molecular weight excluding hydrogens is 270 g/mol. The van der Waals surface area contributed by atoms with E-state index in [1.165, 1.54) is 14.7 Å². The van der Waals surface area contributed by atoms with Gasteiger partial charge in [0.2, 0.25) is 0 Å². The van der Waals surface area contributed by atoms with Crippen LogP contribution in [-0.4, -0.2) is 38.1 Å². The topological polar surface area (TPSA) is 29.1 Å². The van der Waals surface area contributed by atoms with E-state index in [4.69, 9.17) is 0 Å². The molecule has 1 aromatic carbocycles. The number of hydrogen-bond donors (Lipinski definition) is 1. The number of hydrogen-bond acceptors (Lipinski definition) is 5. The van der Waals surface area contributed by atoms with Gasteiger partial charge < -0.3 is 5.32 Å². The Morgan fingerprint density at radius 1 is 1.12 bits per heavy atom. The molecule has 0 saturated carbocycles. The fourth-order valence-electron chi connectivity index (χ4n) is 1.50. The predicted molar refractivity (Wildman–Crippen MR) is 80.0 cm³/mol. The third-order valence-corrected chi connectivity index (χ3v) is 4.95. The van der Waals surface area contributed by atoms with Crippen LogP contribution in [0, 0.1) is 0 Å². The Morgan fingerprint density at radius 3 is 2.00 bits per heavy atom. The first-order chi connectivity index (χ1) is 8.17. The lowest BCUT2D eigenvalue weighted by molar-refractivity contribution is 0.0993. The molecule has 1 rings (SSSR count). The van der Waals surface area contributed by atoms with Crippen LogP contribution in [0.15, 0.2) is 26.8 Å². The van der Waals surface area contributed by atoms with Crippen LogP contribution in [0.1, 0.15) is 10.4 Å². The van der Waals surface area contributed by atoms with Crippen molar-refractivity contribution in [3.63, 3.8) is 0 Å². The van der Waals surface area contributed by atoms with Gasteiger partial charge >= 0.3 is 0 Å². The van der Waals surface area contributed by atoms with Gasteiger partial charge in [-0.05, 0) is 37.9 Å². The number of thioether (sulfide) groups is 3. The van der Waals surface area contributed by atoms with Crippen molar-refractivity contribution in [1.29, 1.82) is 0 Å². The number of carbonyl (C=O) groups excluding carboxylic acids is 1. The fraction of sp³-hybridized carbons (Fsp3) is 0.417. The molecule has 0 radical (unpaired) electrons. The molecule has 0 amide bonds. The molecule has 0 aromatic heterocycles. The maximum atomic E-state index is 11.9. The van der Waals surface area contributed by atoms with E-state index in [0.29, 0.717) is 6.54 Å². The number of ketones is 1. The molecule has 1 aromatic rings. The van der Waals surface area contributed by atoms with E-state index in [1.54, 1.807) is 42.3 Å². The Bertz CT molecular complexity index is 382. The summed E-state index contributed by atoms with van der Waals surface area (Å²) in [6, 6.07) is 3.99. The zero-order valence-corrected chi connectivity index (χ0v) is 12.9. The van der Waals surface area contributed by atoms with Gasteiger partial charge in [0.1, 0.15) is 0 Å². The number of likely N-dealkylation sites (N-methyl/N-ethyl adjacent to an activating group) is 1. The summed E-state index contributed by atoms with van der Waals surface area (Å²) >= 11 is 5.12. The van der Waals surface area contributed by atoms with Crippen LogP contribution >= 0.6 is 35.3 Å². The van der Waals surface area contributed by atoms with Crippen LogP contribution in [0.2, 0.25) is 0 Å². The highest BCUT2D eigenvalue weighted by atomic mass is 32.2. The molecule has 0 spiro atoms. The molecular formula is C12H17NOS3. The first-order valence-electron chi connectivity index (χ1n) is 5.15. The Morgan fingerprint density at radius 2 is 1.65 bits per heavy atom. The van der Waals surface area contributed by atoms with Crippen LogP contribution in [0.3, 0.4) is 0 Å². The van der Waals surface area contributed by atoms with E-state index < -0.39 is 0 Å². The van der Waals surface area contributed by atoms with Gasteiger partial charge in [0.05, 0.1) is 6.54 Å². The third kappa shape index (κ3) is 3.68. The monoisotopic (exact) mass is 287 g/mol. The third-order valence-electron chi connectivity index (χ3n) is 2.32. The van der Waals surface area contributed by atoms with Crippen molar-refractivity contribution in [3.05, 3.63) is 17.7 Å². The lowest BCUT2D eigenvalue weighted by Crippen LogP contribution is -2.18. The average molecular weight is 287 g/mol. The summed E-state index contributed by atoms with van der Waals surface area (Å²) in [5.74, 6) is 0.144. The van der Waals surface area contributed by atoms with Gasteiger partial charge in [0, 0.05) is 20.2 Å². The van der Waals surface area contributed by atoms with Crippen molar-refractivity contribution in [2.24, 2.45) is 0 Å². The minimum Gasteiger partial charge on any atom is -0.313 e. The second-order valence-electron chi connectivity index (χ2n) is 3.37. The van der Waals surface area contributed by atoms with Crippen LogP contribution in [-0.2, 0) is 0 Å². The summed E-state index contributed by atoms with van der Waals surface area (Å²) in [5.41, 5.74) is 0.797. The van der Waals surface area contributed by atoms with Crippen molar-refractivity contribution in [1.82, 2.24) is 5.32 Å². The fourth-order valence-corrected chi connectivity index (χ4v) is 4.17. The maximum Gasteiger partial charge on any atom is 0.176 e. The predicted octanol–water partition coefficient (Wildman–Crippen LogP) is 3.25. The molecule has 0 aliphatic heterocycles. The Kier molecular flexibility index (Phi) is 6.48. The maximum absolute atomic E-state index is 11.9. The zero-order valence-electron chi connectivity index (χ0n) is 10.5. The Balaban J connectivity index is 3.22. The summed E-state index contributed by atoms with van der Waals surface area (Å²) in [7, 11) is 1.79. The van der Waals surface area contributed by atoms with Crippen molar-refractivity contribution in [2.45, 2.75) is 14.7 Å². The van der Waals surface area contributed by atoms with Gasteiger partial charge in [-0.3, -0.25) is 4.79 Å². The van der Waals surface area contributed by atoms with E-state index in [-0.39, 0.29) is 5.78 Å². The van der Waals surface area contributed by atoms with Crippen molar-refractivity contribution >= 4 is 41.1 Å². The average Bonchev–Trinajstić information content (AvgIpc) is 2.37. The molecule has 0 aliphatic rings. The number of carbonyl (C=O) groups is 1. The first-order valence-corrected chi connectivity index (χ1v) is 8.83. The molecule has 0 fully saturated rings. The van der Waals surface area contributed by atoms with Crippen molar-refractivity contribution in [3.8, 4) is 0 Å². The highest BCUT2D eigenvalue weighted by molar-refractivity contribution is 8.03. The number of rotatable bonds is 6. The van der Waals surface area contributed by atoms with Gasteiger partial charge in [0.15, 0.2) is 5.78 Å². The highest BCUT2D eigenvalue weighted by Crippen LogP contribution is 2.37. The summed E-state index contributed by atoms with van der Waals surface area (Å²) in [6.45, 7) is 0.389. The minimum absolute atomic E-state index is 0.144. The van der Waals surface area contributed by atoms with Crippen molar-refractivity contribution < 1.29 is 4.79 Å². The van der Waals surface area contributed by atoms with Gasteiger partial charge in [-0.2, -0.15) is 0 Å². The van der Waals surface area contributed by atoms with Crippen LogP contribution in [0.5, 0.6) is 0 Å². The molecule has 0 unspecified atom stereocenters. The summed E-state index contributed by atoms with van der Waals surface area (Å²) in [6.07, 6.45) is 6.17. The Labute approximate surface area is 116 Å². The molecule has 0 heterocycles. The summed E-state index contributed by atoms with van der Waals surface area (Å²) in [5, 5.41) is 2.90. The molecule has 17 heavy (non-hydrogen) atoms. The molecule has 5 heteroatoms. The second kappa shape index (κ2) is 7.36. The van der Waals surface area contributed by atoms with E-state index in [9.17, 15) is 4.79 Å². The SMILES string of the molecule is CNCC(=O)c1cc(SC)c(SC)c(SC)c1. The molecule has 2 nitrogen and oxygen atoms in total. The molecule has 0 bridgehead atoms. The van der Waals surface area contributed by atoms with Gasteiger partial charge in [-0.25, -0.2) is 0 Å². The standard InChI is InChI=1S/C12H17NOS3/c1-13-7-9(14)8-5-10(15-2)12(17-4)11(6-8)16-3/h5-6,13H,7H2,1-4H3. The van der Waals surface area contributed by atoms with E-state index in [1.807, 2.05) is 24.6 Å². The summed E-state index contributed by atoms with van der Waals surface area (Å²) in [4.78, 5) is 15.5. The number of nitrogens with one attached hydrogen (secondary N) is 1. The lowest BCUT2D eigenvalue weighted by atomic mass is 10.1. The van der Waals surface area contributed by atoms with Gasteiger partial charge in [-0.15, -0.1) is 35.3 Å². The van der Waals surface area contributed by atoms with Gasteiger partial charge in [-0.1, -0.05) is 0 Å². The summed E-state index contributed by atoms with van der Waals surface area (Å²) < 4.78 is 0. The molecule has 0 aliphatic carbocycles. The minimum atomic E-state index is 0.144. The largest absolute Gasteiger partial charge is 0.313 e. The van der Waals surface area contributed by atoms with E-state index in [0.717, 1.165) is 5.56 Å². The molecule has 0 saturated heterocycles. The smallest absolute Gasteiger partial charge is 0.176 e. The van der Waals surface area contributed by atoms with E-state index in [2.05, 4.69) is 11.6 Å². The second-order valence-corrected chi connectivity index (χ2v) is 5.88. The van der Waals surface area contributed by atoms with Crippen LogP contribution in [0.25, 0.3) is 0 Å². The van der Waals surface area contributed by atoms with Crippen molar-refractivity contribution in [2.75, 3.05) is 32.4 Å². The first kappa shape index (κ1) is 15.0. The Hall–Kier alpha value is -0.100. The van der Waals surface area contributed by atoms with Gasteiger partial charge in [0.25, 0.3) is 0 Å². The molecule has 94 valence electrons. The molecule has 0 atom stereocenters. The van der Waals surface area contributed by atoms with E-state index >= 15 is 0 Å². The normalized spacial score (nSPS) is 10.6. The van der Waals surface area contributed by atoms with Crippen LogP contribution in [0.4, 0.5) is 0 Å². The number of benzene rings is 1.